The van der Waals surface area contributed by atoms with Gasteiger partial charge in [0.1, 0.15) is 23.2 Å². The van der Waals surface area contributed by atoms with Gasteiger partial charge in [0.2, 0.25) is 0 Å². The molecule has 0 aliphatic heterocycles. The van der Waals surface area contributed by atoms with E-state index in [1.807, 2.05) is 0 Å². The first-order valence-corrected chi connectivity index (χ1v) is 4.24. The minimum absolute atomic E-state index is 0.0580. The fourth-order valence-corrected chi connectivity index (χ4v) is 0.898. The predicted molar refractivity (Wildman–Crippen MR) is 53.7 cm³/mol. The SMILES string of the molecule is NC(=S)COc1ccc(Cl)c(F)c1. The fraction of sp³-hybridized carbons (Fsp3) is 0.125. The maximum atomic E-state index is 12.8. The summed E-state index contributed by atoms with van der Waals surface area (Å²) >= 11 is 10.0. The molecule has 0 aliphatic carbocycles. The Labute approximate surface area is 85.4 Å². The van der Waals surface area contributed by atoms with Crippen molar-refractivity contribution in [2.24, 2.45) is 5.73 Å². The Hall–Kier alpha value is -0.870. The van der Waals surface area contributed by atoms with E-state index in [2.05, 4.69) is 12.2 Å². The number of hydrogen-bond donors (Lipinski definition) is 1. The van der Waals surface area contributed by atoms with E-state index < -0.39 is 5.82 Å². The van der Waals surface area contributed by atoms with Gasteiger partial charge in [0.15, 0.2) is 0 Å². The zero-order valence-electron chi connectivity index (χ0n) is 6.59. The van der Waals surface area contributed by atoms with Crippen molar-refractivity contribution >= 4 is 28.8 Å². The Morgan fingerprint density at radius 1 is 1.62 bits per heavy atom. The summed E-state index contributed by atoms with van der Waals surface area (Å²) in [5.41, 5.74) is 5.19. The molecular weight excluding hydrogens is 213 g/mol. The van der Waals surface area contributed by atoms with Crippen molar-refractivity contribution in [3.05, 3.63) is 29.0 Å². The van der Waals surface area contributed by atoms with Gasteiger partial charge in [-0.15, -0.1) is 0 Å². The smallest absolute Gasteiger partial charge is 0.145 e. The third-order valence-corrected chi connectivity index (χ3v) is 1.70. The van der Waals surface area contributed by atoms with Crippen LogP contribution in [0.15, 0.2) is 18.2 Å². The molecule has 0 radical (unpaired) electrons. The van der Waals surface area contributed by atoms with Gasteiger partial charge in [0.25, 0.3) is 0 Å². The van der Waals surface area contributed by atoms with Gasteiger partial charge in [-0.2, -0.15) is 0 Å². The molecule has 0 amide bonds. The molecule has 1 rings (SSSR count). The number of rotatable bonds is 3. The molecule has 0 heterocycles. The van der Waals surface area contributed by atoms with Crippen LogP contribution in [0.2, 0.25) is 5.02 Å². The lowest BCUT2D eigenvalue weighted by Crippen LogP contribution is -2.17. The van der Waals surface area contributed by atoms with Crippen molar-refractivity contribution in [1.29, 1.82) is 0 Å². The maximum absolute atomic E-state index is 12.8. The van der Waals surface area contributed by atoms with Crippen molar-refractivity contribution in [2.75, 3.05) is 6.61 Å². The quantitative estimate of drug-likeness (QED) is 0.792. The molecule has 13 heavy (non-hydrogen) atoms. The Bertz CT molecular complexity index is 332. The van der Waals surface area contributed by atoms with Gasteiger partial charge in [-0.1, -0.05) is 23.8 Å². The Morgan fingerprint density at radius 3 is 2.85 bits per heavy atom. The molecule has 70 valence electrons. The number of nitrogens with two attached hydrogens (primary N) is 1. The van der Waals surface area contributed by atoms with Crippen molar-refractivity contribution in [2.45, 2.75) is 0 Å². The zero-order chi connectivity index (χ0) is 9.84. The largest absolute Gasteiger partial charge is 0.486 e. The van der Waals surface area contributed by atoms with Gasteiger partial charge in [0, 0.05) is 6.07 Å². The molecule has 0 bridgehead atoms. The molecule has 0 saturated heterocycles. The first kappa shape index (κ1) is 10.2. The van der Waals surface area contributed by atoms with E-state index in [4.69, 9.17) is 22.1 Å². The fourth-order valence-electron chi connectivity index (χ4n) is 0.721. The van der Waals surface area contributed by atoms with E-state index in [0.717, 1.165) is 0 Å². The highest BCUT2D eigenvalue weighted by molar-refractivity contribution is 7.80. The minimum Gasteiger partial charge on any atom is -0.486 e. The molecule has 2 N–H and O–H groups in total. The van der Waals surface area contributed by atoms with Gasteiger partial charge in [-0.3, -0.25) is 0 Å². The van der Waals surface area contributed by atoms with Crippen LogP contribution in [0.4, 0.5) is 4.39 Å². The predicted octanol–water partition coefficient (Wildman–Crippen LogP) is 2.14. The van der Waals surface area contributed by atoms with E-state index in [1.54, 1.807) is 6.07 Å². The van der Waals surface area contributed by atoms with E-state index in [0.29, 0.717) is 5.75 Å². The second kappa shape index (κ2) is 4.39. The second-order valence-corrected chi connectivity index (χ2v) is 3.26. The number of hydrogen-bond acceptors (Lipinski definition) is 2. The van der Waals surface area contributed by atoms with Crippen LogP contribution in [0.1, 0.15) is 0 Å². The summed E-state index contributed by atoms with van der Waals surface area (Å²) in [7, 11) is 0. The van der Waals surface area contributed by atoms with Gasteiger partial charge in [0.05, 0.1) is 5.02 Å². The van der Waals surface area contributed by atoms with Crippen LogP contribution >= 0.6 is 23.8 Å². The number of halogens is 2. The van der Waals surface area contributed by atoms with E-state index in [-0.39, 0.29) is 16.6 Å². The average molecular weight is 220 g/mol. The topological polar surface area (TPSA) is 35.2 Å². The normalized spacial score (nSPS) is 9.69. The summed E-state index contributed by atoms with van der Waals surface area (Å²) in [6.45, 7) is 0.0937. The van der Waals surface area contributed by atoms with Gasteiger partial charge >= 0.3 is 0 Å². The van der Waals surface area contributed by atoms with Gasteiger partial charge < -0.3 is 10.5 Å². The van der Waals surface area contributed by atoms with Crippen LogP contribution in [0.25, 0.3) is 0 Å². The summed E-state index contributed by atoms with van der Waals surface area (Å²) in [4.78, 5) is 0.218. The monoisotopic (exact) mass is 219 g/mol. The third kappa shape index (κ3) is 3.16. The highest BCUT2D eigenvalue weighted by Gasteiger charge is 2.01. The summed E-state index contributed by atoms with van der Waals surface area (Å²) in [6, 6.07) is 4.14. The summed E-state index contributed by atoms with van der Waals surface area (Å²) < 4.78 is 17.9. The maximum Gasteiger partial charge on any atom is 0.145 e. The van der Waals surface area contributed by atoms with Crippen molar-refractivity contribution in [1.82, 2.24) is 0 Å². The Morgan fingerprint density at radius 2 is 2.31 bits per heavy atom. The second-order valence-electron chi connectivity index (χ2n) is 2.33. The van der Waals surface area contributed by atoms with Crippen molar-refractivity contribution in [3.63, 3.8) is 0 Å². The number of thiocarbonyl (C=S) groups is 1. The Kier molecular flexibility index (Phi) is 3.45. The molecule has 0 aromatic heterocycles. The van der Waals surface area contributed by atoms with Gasteiger partial charge in [-0.05, 0) is 12.1 Å². The van der Waals surface area contributed by atoms with Crippen LogP contribution in [-0.4, -0.2) is 11.6 Å². The van der Waals surface area contributed by atoms with Crippen molar-refractivity contribution < 1.29 is 9.13 Å². The molecular formula is C8H7ClFNOS. The molecule has 1 aromatic carbocycles. The Balaban J connectivity index is 2.68. The van der Waals surface area contributed by atoms with E-state index >= 15 is 0 Å². The third-order valence-electron chi connectivity index (χ3n) is 1.27. The zero-order valence-corrected chi connectivity index (χ0v) is 8.16. The molecule has 0 atom stereocenters. The summed E-state index contributed by atoms with van der Waals surface area (Å²) in [5, 5.41) is 0.0580. The highest BCUT2D eigenvalue weighted by atomic mass is 35.5. The lowest BCUT2D eigenvalue weighted by molar-refractivity contribution is 0.375. The van der Waals surface area contributed by atoms with E-state index in [1.165, 1.54) is 12.1 Å². The van der Waals surface area contributed by atoms with Crippen molar-refractivity contribution in [3.8, 4) is 5.75 Å². The summed E-state index contributed by atoms with van der Waals surface area (Å²) in [5.74, 6) is -0.170. The lowest BCUT2D eigenvalue weighted by Gasteiger charge is -2.04. The van der Waals surface area contributed by atoms with Crippen LogP contribution in [0, 0.1) is 5.82 Å². The molecule has 0 unspecified atom stereocenters. The standard InChI is InChI=1S/C8H7ClFNOS/c9-6-2-1-5(3-7(6)10)12-4-8(11)13/h1-3H,4H2,(H2,11,13). The molecule has 0 fully saturated rings. The van der Waals surface area contributed by atoms with Crippen LogP contribution in [-0.2, 0) is 0 Å². The molecule has 2 nitrogen and oxygen atoms in total. The van der Waals surface area contributed by atoms with Gasteiger partial charge in [-0.25, -0.2) is 4.39 Å². The molecule has 1 aromatic rings. The minimum atomic E-state index is -0.526. The number of ether oxygens (including phenoxy) is 1. The first-order chi connectivity index (χ1) is 6.09. The first-order valence-electron chi connectivity index (χ1n) is 3.46. The van der Waals surface area contributed by atoms with Crippen LogP contribution in [0.5, 0.6) is 5.75 Å². The molecule has 0 spiro atoms. The van der Waals surface area contributed by atoms with Crippen LogP contribution < -0.4 is 10.5 Å². The summed E-state index contributed by atoms with van der Waals surface area (Å²) in [6.07, 6.45) is 0. The molecule has 0 aliphatic rings. The highest BCUT2D eigenvalue weighted by Crippen LogP contribution is 2.20. The van der Waals surface area contributed by atoms with Crippen LogP contribution in [0.3, 0.4) is 0 Å². The molecule has 0 saturated carbocycles. The molecule has 5 heteroatoms. The lowest BCUT2D eigenvalue weighted by atomic mass is 10.3. The number of benzene rings is 1. The van der Waals surface area contributed by atoms with E-state index in [9.17, 15) is 4.39 Å². The average Bonchev–Trinajstić information content (AvgIpc) is 2.07.